The smallest absolute Gasteiger partial charge is 0.268 e. The maximum Gasteiger partial charge on any atom is 0.268 e. The highest BCUT2D eigenvalue weighted by molar-refractivity contribution is 9.11. The number of hydrogen-bond acceptors (Lipinski definition) is 3. The number of hydrogen-bond donors (Lipinski definition) is 1. The molecule has 0 unspecified atom stereocenters. The zero-order chi connectivity index (χ0) is 20.4. The van der Waals surface area contributed by atoms with Crippen molar-refractivity contribution >= 4 is 43.4 Å². The highest BCUT2D eigenvalue weighted by Gasteiger charge is 2.18. The third kappa shape index (κ3) is 4.23. The van der Waals surface area contributed by atoms with Crippen LogP contribution < -0.4 is 10.1 Å². The largest absolute Gasteiger partial charge is 0.496 e. The van der Waals surface area contributed by atoms with Crippen LogP contribution in [-0.2, 0) is 13.1 Å². The molecule has 0 fully saturated rings. The van der Waals surface area contributed by atoms with Gasteiger partial charge in [-0.15, -0.1) is 11.3 Å². The van der Waals surface area contributed by atoms with Crippen LogP contribution in [0, 0.1) is 6.92 Å². The van der Waals surface area contributed by atoms with Crippen molar-refractivity contribution in [2.24, 2.45) is 0 Å². The summed E-state index contributed by atoms with van der Waals surface area (Å²) in [5.74, 6) is 0.732. The minimum absolute atomic E-state index is 0.0825. The third-order valence-corrected chi connectivity index (χ3v) is 6.42. The van der Waals surface area contributed by atoms with Crippen LogP contribution in [0.2, 0.25) is 0 Å². The molecular weight excluding hydrogens is 448 g/mol. The second kappa shape index (κ2) is 8.43. The summed E-state index contributed by atoms with van der Waals surface area (Å²) in [4.78, 5) is 13.1. The van der Waals surface area contributed by atoms with Crippen molar-refractivity contribution in [1.82, 2.24) is 9.88 Å². The standard InChI is InChI=1S/C23H21BrN2O2S/c1-15-6-5-7-16(10-15)13-25-23(27)19-11-21-18(12-22(24)29-21)26(19)14-17-8-3-4-9-20(17)28-2/h3-12H,13-14H2,1-2H3,(H,25,27). The molecule has 2 aromatic carbocycles. The van der Waals surface area contributed by atoms with Gasteiger partial charge in [0.05, 0.1) is 27.7 Å². The molecule has 2 aromatic heterocycles. The van der Waals surface area contributed by atoms with Crippen LogP contribution in [0.5, 0.6) is 5.75 Å². The van der Waals surface area contributed by atoms with E-state index in [-0.39, 0.29) is 5.91 Å². The van der Waals surface area contributed by atoms with E-state index in [4.69, 9.17) is 4.74 Å². The van der Waals surface area contributed by atoms with Gasteiger partial charge in [0.15, 0.2) is 0 Å². The van der Waals surface area contributed by atoms with Crippen molar-refractivity contribution in [3.63, 3.8) is 0 Å². The first kappa shape index (κ1) is 19.7. The summed E-state index contributed by atoms with van der Waals surface area (Å²) in [7, 11) is 1.67. The molecule has 0 saturated heterocycles. The van der Waals surface area contributed by atoms with Gasteiger partial charge in [0, 0.05) is 12.1 Å². The number of carbonyl (C=O) groups excluding carboxylic acids is 1. The lowest BCUT2D eigenvalue weighted by Crippen LogP contribution is -2.25. The molecule has 0 spiro atoms. The fourth-order valence-corrected chi connectivity index (χ4v) is 5.03. The number of aromatic nitrogens is 1. The average Bonchev–Trinajstić information content (AvgIpc) is 3.23. The van der Waals surface area contributed by atoms with Crippen LogP contribution in [0.4, 0.5) is 0 Å². The van der Waals surface area contributed by atoms with E-state index in [2.05, 4.69) is 50.9 Å². The summed E-state index contributed by atoms with van der Waals surface area (Å²) < 4.78 is 9.68. The predicted octanol–water partition coefficient (Wildman–Crippen LogP) is 5.76. The lowest BCUT2D eigenvalue weighted by molar-refractivity contribution is 0.0942. The number of thiophene rings is 1. The topological polar surface area (TPSA) is 43.3 Å². The van der Waals surface area contributed by atoms with E-state index in [9.17, 15) is 4.79 Å². The molecule has 0 aliphatic heterocycles. The van der Waals surface area contributed by atoms with E-state index >= 15 is 0 Å². The SMILES string of the molecule is COc1ccccc1Cn1c(C(=O)NCc2cccc(C)c2)cc2sc(Br)cc21. The molecular formula is C23H21BrN2O2S. The number of carbonyl (C=O) groups is 1. The average molecular weight is 469 g/mol. The van der Waals surface area contributed by atoms with Crippen LogP contribution in [0.3, 0.4) is 0 Å². The van der Waals surface area contributed by atoms with Gasteiger partial charge in [-0.05, 0) is 46.6 Å². The molecule has 148 valence electrons. The number of amides is 1. The maximum absolute atomic E-state index is 13.1. The van der Waals surface area contributed by atoms with Crippen molar-refractivity contribution in [2.75, 3.05) is 7.11 Å². The molecule has 4 aromatic rings. The van der Waals surface area contributed by atoms with Gasteiger partial charge < -0.3 is 14.6 Å². The molecule has 1 amide bonds. The number of para-hydroxylation sites is 1. The highest BCUT2D eigenvalue weighted by Crippen LogP contribution is 2.33. The van der Waals surface area contributed by atoms with Crippen molar-refractivity contribution in [2.45, 2.75) is 20.0 Å². The van der Waals surface area contributed by atoms with Gasteiger partial charge in [0.25, 0.3) is 5.91 Å². The zero-order valence-electron chi connectivity index (χ0n) is 16.2. The Hall–Kier alpha value is -2.57. The molecule has 2 heterocycles. The lowest BCUT2D eigenvalue weighted by atomic mass is 10.1. The van der Waals surface area contributed by atoms with Gasteiger partial charge in [-0.3, -0.25) is 4.79 Å². The first-order valence-corrected chi connectivity index (χ1v) is 10.9. The summed E-state index contributed by atoms with van der Waals surface area (Å²) >= 11 is 5.19. The Morgan fingerprint density at radius 3 is 2.76 bits per heavy atom. The Morgan fingerprint density at radius 2 is 1.97 bits per heavy atom. The van der Waals surface area contributed by atoms with E-state index in [0.717, 1.165) is 30.9 Å². The zero-order valence-corrected chi connectivity index (χ0v) is 18.6. The molecule has 1 N–H and O–H groups in total. The number of methoxy groups -OCH3 is 1. The number of halogens is 1. The number of rotatable bonds is 6. The quantitative estimate of drug-likeness (QED) is 0.390. The predicted molar refractivity (Wildman–Crippen MR) is 122 cm³/mol. The number of nitrogens with one attached hydrogen (secondary N) is 1. The van der Waals surface area contributed by atoms with E-state index in [1.54, 1.807) is 18.4 Å². The molecule has 6 heteroatoms. The maximum atomic E-state index is 13.1. The fraction of sp³-hybridized carbons (Fsp3) is 0.174. The molecule has 4 rings (SSSR count). The molecule has 0 atom stereocenters. The summed E-state index contributed by atoms with van der Waals surface area (Å²) in [5.41, 5.74) is 4.99. The number of fused-ring (bicyclic) bond motifs is 1. The Kier molecular flexibility index (Phi) is 5.74. The van der Waals surface area contributed by atoms with E-state index in [1.807, 2.05) is 42.5 Å². The Balaban J connectivity index is 1.65. The van der Waals surface area contributed by atoms with Crippen molar-refractivity contribution in [3.8, 4) is 5.75 Å². The van der Waals surface area contributed by atoms with Crippen molar-refractivity contribution in [1.29, 1.82) is 0 Å². The Bertz CT molecular complexity index is 1180. The number of aryl methyl sites for hydroxylation is 1. The fourth-order valence-electron chi connectivity index (χ4n) is 3.47. The third-order valence-electron chi connectivity index (χ3n) is 4.85. The molecule has 0 aliphatic carbocycles. The normalized spacial score (nSPS) is 11.0. The van der Waals surface area contributed by atoms with Crippen molar-refractivity contribution < 1.29 is 9.53 Å². The number of ether oxygens (including phenoxy) is 1. The van der Waals surface area contributed by atoms with Gasteiger partial charge in [-0.1, -0.05) is 48.0 Å². The van der Waals surface area contributed by atoms with E-state index in [0.29, 0.717) is 18.8 Å². The van der Waals surface area contributed by atoms with Crippen LogP contribution in [0.25, 0.3) is 10.2 Å². The summed E-state index contributed by atoms with van der Waals surface area (Å²) in [5, 5.41) is 3.06. The molecule has 0 saturated carbocycles. The first-order valence-electron chi connectivity index (χ1n) is 9.29. The van der Waals surface area contributed by atoms with Gasteiger partial charge in [0.1, 0.15) is 11.4 Å². The van der Waals surface area contributed by atoms with Gasteiger partial charge >= 0.3 is 0 Å². The first-order chi connectivity index (χ1) is 14.0. The lowest BCUT2D eigenvalue weighted by Gasteiger charge is -2.13. The molecule has 29 heavy (non-hydrogen) atoms. The van der Waals surface area contributed by atoms with Crippen LogP contribution in [0.1, 0.15) is 27.2 Å². The second-order valence-electron chi connectivity index (χ2n) is 6.90. The summed E-state index contributed by atoms with van der Waals surface area (Å²) in [6, 6.07) is 20.1. The minimum Gasteiger partial charge on any atom is -0.496 e. The van der Waals surface area contributed by atoms with Gasteiger partial charge in [0.2, 0.25) is 0 Å². The van der Waals surface area contributed by atoms with Crippen LogP contribution in [0.15, 0.2) is 64.5 Å². The van der Waals surface area contributed by atoms with E-state index < -0.39 is 0 Å². The van der Waals surface area contributed by atoms with Crippen LogP contribution >= 0.6 is 27.3 Å². The van der Waals surface area contributed by atoms with Crippen molar-refractivity contribution in [3.05, 3.63) is 86.8 Å². The second-order valence-corrected chi connectivity index (χ2v) is 9.36. The Morgan fingerprint density at radius 1 is 1.14 bits per heavy atom. The number of nitrogens with zero attached hydrogens (tertiary/aromatic N) is 1. The summed E-state index contributed by atoms with van der Waals surface area (Å²) in [6.45, 7) is 3.11. The Labute approximate surface area is 182 Å². The van der Waals surface area contributed by atoms with E-state index in [1.165, 1.54) is 5.56 Å². The summed E-state index contributed by atoms with van der Waals surface area (Å²) in [6.07, 6.45) is 0. The monoisotopic (exact) mass is 468 g/mol. The minimum atomic E-state index is -0.0825. The molecule has 0 aliphatic rings. The molecule has 0 radical (unpaired) electrons. The number of benzene rings is 2. The molecule has 4 nitrogen and oxygen atoms in total. The van der Waals surface area contributed by atoms with Gasteiger partial charge in [-0.25, -0.2) is 0 Å². The van der Waals surface area contributed by atoms with Gasteiger partial charge in [-0.2, -0.15) is 0 Å². The highest BCUT2D eigenvalue weighted by atomic mass is 79.9. The molecule has 0 bridgehead atoms. The van der Waals surface area contributed by atoms with Crippen LogP contribution in [-0.4, -0.2) is 17.6 Å².